The smallest absolute Gasteiger partial charge is 1.00 e. The summed E-state index contributed by atoms with van der Waals surface area (Å²) in [6.07, 6.45) is 0. The minimum atomic E-state index is -2.47. The molecule has 6 aromatic rings. The van der Waals surface area contributed by atoms with E-state index in [9.17, 15) is 0 Å². The molecule has 4 nitrogen and oxygen atoms in total. The van der Waals surface area contributed by atoms with E-state index in [4.69, 9.17) is 19.4 Å². The summed E-state index contributed by atoms with van der Waals surface area (Å²) in [4.78, 5) is 11.4. The van der Waals surface area contributed by atoms with Crippen molar-refractivity contribution >= 4 is 105 Å². The van der Waals surface area contributed by atoms with E-state index in [2.05, 4.69) is 171 Å². The molecule has 0 saturated carbocycles. The molecule has 276 valence electrons. The molecule has 6 aromatic carbocycles. The van der Waals surface area contributed by atoms with Crippen LogP contribution in [0.5, 0.6) is 0 Å². The van der Waals surface area contributed by atoms with Gasteiger partial charge in [-0.1, -0.05) is 192 Å². The van der Waals surface area contributed by atoms with Crippen molar-refractivity contribution in [1.82, 2.24) is 0 Å². The van der Waals surface area contributed by atoms with E-state index in [-0.39, 0.29) is 94.1 Å². The molecule has 0 aliphatic carbocycles. The van der Waals surface area contributed by atoms with E-state index in [0.29, 0.717) is 0 Å². The Bertz CT molecular complexity index is 1630. The first kappa shape index (κ1) is 52.5. The normalized spacial score (nSPS) is 10.3. The van der Waals surface area contributed by atoms with Crippen molar-refractivity contribution in [3.63, 3.8) is 0 Å². The van der Waals surface area contributed by atoms with Crippen LogP contribution < -0.4 is 68.7 Å². The zero-order valence-corrected chi connectivity index (χ0v) is 41.9. The van der Waals surface area contributed by atoms with Gasteiger partial charge in [-0.15, -0.1) is 11.4 Å². The molecule has 54 heavy (non-hydrogen) atoms. The van der Waals surface area contributed by atoms with Crippen LogP contribution >= 0.6 is 0 Å². The standard InChI is InChI=1S/C36H32N2Si2.2C4H10O.2HI.2Mg/c1-39(30-19-7-3-8-20-30,31-21-9-4-10-22-31)37-34-27-15-17-29-18-16-28-35(36(29)34)38-40(2,32-23-11-5-12-24-32)33-25-13-6-14-26-33;2*1-3-5-4-2;;;;/h3-28H,1-2H3;2*3-4H2,1-2H3;2*1H;;/q-2;;;;;2*+2/p-2. The molecular weight excluding hydrogens is 947 g/mol. The fraction of sp³-hybridized carbons (Fsp3) is 0.227. The largest absolute Gasteiger partial charge is 2.00 e. The Morgan fingerprint density at radius 2 is 0.648 bits per heavy atom. The Morgan fingerprint density at radius 3 is 0.870 bits per heavy atom. The fourth-order valence-electron chi connectivity index (χ4n) is 6.02. The van der Waals surface area contributed by atoms with Crippen LogP contribution in [0.1, 0.15) is 27.7 Å². The summed E-state index contributed by atoms with van der Waals surface area (Å²) in [7, 11) is -4.95. The van der Waals surface area contributed by atoms with Crippen LogP contribution in [0.2, 0.25) is 13.1 Å². The van der Waals surface area contributed by atoms with Crippen LogP contribution in [0.4, 0.5) is 11.4 Å². The van der Waals surface area contributed by atoms with Gasteiger partial charge in [0, 0.05) is 42.9 Å². The van der Waals surface area contributed by atoms with Crippen LogP contribution in [0.15, 0.2) is 158 Å². The minimum absolute atomic E-state index is 0. The number of hydrogen-bond acceptors (Lipinski definition) is 2. The Labute approximate surface area is 393 Å². The fourth-order valence-corrected chi connectivity index (χ4v) is 11.9. The molecule has 10 heteroatoms. The third-order valence-corrected chi connectivity index (χ3v) is 15.9. The molecule has 0 aliphatic rings. The van der Waals surface area contributed by atoms with Gasteiger partial charge in [-0.05, 0) is 38.5 Å². The topological polar surface area (TPSA) is 46.7 Å². The number of rotatable bonds is 12. The first-order chi connectivity index (χ1) is 24.4. The van der Waals surface area contributed by atoms with Crippen LogP contribution in [-0.4, -0.2) is 89.0 Å². The summed E-state index contributed by atoms with van der Waals surface area (Å²) in [6.45, 7) is 16.0. The maximum Gasteiger partial charge on any atom is 2.00 e. The molecule has 6 rings (SSSR count). The van der Waals surface area contributed by atoms with E-state index in [0.717, 1.165) is 48.6 Å². The van der Waals surface area contributed by atoms with Gasteiger partial charge in [0.1, 0.15) is 0 Å². The second-order valence-corrected chi connectivity index (χ2v) is 19.1. The summed E-state index contributed by atoms with van der Waals surface area (Å²) in [5, 5.41) is 7.46. The zero-order chi connectivity index (χ0) is 35.7. The summed E-state index contributed by atoms with van der Waals surface area (Å²) >= 11 is 0. The number of hydrogen-bond donors (Lipinski definition) is 0. The van der Waals surface area contributed by atoms with Crippen molar-refractivity contribution in [2.45, 2.75) is 40.8 Å². The number of fused-ring (bicyclic) bond motifs is 1. The Kier molecular flexibility index (Phi) is 27.2. The third-order valence-electron chi connectivity index (χ3n) is 8.71. The van der Waals surface area contributed by atoms with E-state index < -0.39 is 16.5 Å². The van der Waals surface area contributed by atoms with Crippen molar-refractivity contribution in [2.24, 2.45) is 0 Å². The summed E-state index contributed by atoms with van der Waals surface area (Å²) in [5.41, 5.74) is 2.02. The zero-order valence-electron chi connectivity index (χ0n) is 32.7. The maximum absolute atomic E-state index is 5.69. The van der Waals surface area contributed by atoms with Crippen molar-refractivity contribution in [1.29, 1.82) is 0 Å². The molecular formula is C44H52I2Mg2N2O2Si2. The predicted molar refractivity (Wildman–Crippen MR) is 233 cm³/mol. The average molecular weight is 1000 g/mol. The monoisotopic (exact) mass is 998 g/mol. The average Bonchev–Trinajstić information content (AvgIpc) is 3.17. The first-order valence-corrected chi connectivity index (χ1v) is 22.7. The van der Waals surface area contributed by atoms with E-state index >= 15 is 0 Å². The van der Waals surface area contributed by atoms with E-state index in [1.54, 1.807) is 0 Å². The third kappa shape index (κ3) is 14.5. The van der Waals surface area contributed by atoms with E-state index in [1.807, 2.05) is 27.7 Å². The van der Waals surface area contributed by atoms with Gasteiger partial charge < -0.3 is 67.4 Å². The molecule has 0 aromatic heterocycles. The summed E-state index contributed by atoms with van der Waals surface area (Å²) < 4.78 is 9.67. The number of nitrogens with zero attached hydrogens (tertiary/aromatic N) is 2. The van der Waals surface area contributed by atoms with Crippen LogP contribution in [0.25, 0.3) is 20.7 Å². The number of benzene rings is 6. The van der Waals surface area contributed by atoms with Gasteiger partial charge in [-0.25, -0.2) is 0 Å². The molecule has 0 spiro atoms. The molecule has 0 heterocycles. The second kappa shape index (κ2) is 28.0. The molecule has 0 amide bonds. The molecule has 0 bridgehead atoms. The van der Waals surface area contributed by atoms with Crippen molar-refractivity contribution in [2.75, 3.05) is 26.4 Å². The molecule has 0 unspecified atom stereocenters. The SMILES string of the molecule is CCOCC.CCOCC.C[Si]([N-]c1cccc2cccc([N-][Si](C)(c3ccccc3)c3ccccc3)c12)(c1ccccc1)c1ccccc1.[I-].[I-].[Mg+2].[Mg+2]. The summed E-state index contributed by atoms with van der Waals surface area (Å²) in [5.74, 6) is 0. The Hall–Kier alpha value is -1.47. The van der Waals surface area contributed by atoms with Gasteiger partial charge in [0.05, 0.1) is 0 Å². The van der Waals surface area contributed by atoms with Crippen LogP contribution in [0.3, 0.4) is 0 Å². The van der Waals surface area contributed by atoms with Crippen molar-refractivity contribution < 1.29 is 57.4 Å². The number of halogens is 2. The molecule has 0 radical (unpaired) electrons. The van der Waals surface area contributed by atoms with Gasteiger partial charge in [0.2, 0.25) is 0 Å². The van der Waals surface area contributed by atoms with Gasteiger partial charge in [0.15, 0.2) is 0 Å². The van der Waals surface area contributed by atoms with Crippen LogP contribution in [0, 0.1) is 0 Å². The van der Waals surface area contributed by atoms with Crippen molar-refractivity contribution in [3.8, 4) is 0 Å². The van der Waals surface area contributed by atoms with Gasteiger partial charge in [-0.3, -0.25) is 0 Å². The van der Waals surface area contributed by atoms with Gasteiger partial charge in [0.25, 0.3) is 0 Å². The molecule has 0 atom stereocenters. The quantitative estimate of drug-likeness (QED) is 0.140. The van der Waals surface area contributed by atoms with Crippen LogP contribution in [-0.2, 0) is 9.47 Å². The summed E-state index contributed by atoms with van der Waals surface area (Å²) in [6, 6.07) is 56.1. The molecule has 0 N–H and O–H groups in total. The van der Waals surface area contributed by atoms with Crippen molar-refractivity contribution in [3.05, 3.63) is 168 Å². The Morgan fingerprint density at radius 1 is 0.389 bits per heavy atom. The van der Waals surface area contributed by atoms with E-state index in [1.165, 1.54) is 20.7 Å². The maximum atomic E-state index is 5.69. The Balaban J connectivity index is 0.00000179. The first-order valence-electron chi connectivity index (χ1n) is 17.8. The molecule has 0 aliphatic heterocycles. The predicted octanol–water partition coefficient (Wildman–Crippen LogP) is 2.96. The second-order valence-electron chi connectivity index (χ2n) is 12.0. The molecule has 0 saturated heterocycles. The minimum Gasteiger partial charge on any atom is -1.00 e. The van der Waals surface area contributed by atoms with Gasteiger partial charge >= 0.3 is 46.1 Å². The molecule has 0 fully saturated rings. The number of ether oxygens (including phenoxy) is 2. The van der Waals surface area contributed by atoms with Gasteiger partial charge in [-0.2, -0.15) is 0 Å².